The third-order valence-corrected chi connectivity index (χ3v) is 5.26. The molecule has 1 unspecified atom stereocenters. The lowest BCUT2D eigenvalue weighted by molar-refractivity contribution is 0.474. The van der Waals surface area contributed by atoms with E-state index in [1.54, 1.807) is 0 Å². The Morgan fingerprint density at radius 2 is 2.07 bits per heavy atom. The lowest BCUT2D eigenvalue weighted by atomic mass is 10.1. The third-order valence-electron chi connectivity index (χ3n) is 3.14. The van der Waals surface area contributed by atoms with Gasteiger partial charge >= 0.3 is 0 Å². The number of hydrogen-bond acceptors (Lipinski definition) is 2. The summed E-state index contributed by atoms with van der Waals surface area (Å²) in [5.74, 6) is 0.539. The Morgan fingerprint density at radius 1 is 1.47 bits per heavy atom. The fraction of sp³-hybridized carbons (Fsp3) is 1.00. The number of hydrogen-bond donors (Lipinski definition) is 1. The van der Waals surface area contributed by atoms with Gasteiger partial charge in [0.1, 0.15) is 0 Å². The van der Waals surface area contributed by atoms with Crippen molar-refractivity contribution in [1.82, 2.24) is 4.72 Å². The van der Waals surface area contributed by atoms with E-state index in [-0.39, 0.29) is 17.1 Å². The van der Waals surface area contributed by atoms with Crippen LogP contribution < -0.4 is 4.72 Å². The van der Waals surface area contributed by atoms with Gasteiger partial charge in [-0.25, -0.2) is 13.1 Å². The van der Waals surface area contributed by atoms with Crippen LogP contribution in [0.25, 0.3) is 0 Å². The highest BCUT2D eigenvalue weighted by molar-refractivity contribution is 7.89. The standard InChI is InChI=1S/C10H20ClNO2S/c1-3-10(4-5-10)8-12-15(13,14)7-9(2)6-11/h9,12H,3-8H2,1-2H3. The van der Waals surface area contributed by atoms with Crippen molar-refractivity contribution < 1.29 is 8.42 Å². The summed E-state index contributed by atoms with van der Waals surface area (Å²) >= 11 is 5.60. The van der Waals surface area contributed by atoms with Crippen LogP contribution in [0.5, 0.6) is 0 Å². The predicted molar refractivity (Wildman–Crippen MR) is 63.6 cm³/mol. The molecule has 0 aromatic heterocycles. The highest BCUT2D eigenvalue weighted by atomic mass is 35.5. The second kappa shape index (κ2) is 5.02. The molecule has 0 heterocycles. The van der Waals surface area contributed by atoms with Gasteiger partial charge in [-0.3, -0.25) is 0 Å². The number of sulfonamides is 1. The van der Waals surface area contributed by atoms with Crippen LogP contribution in [0.15, 0.2) is 0 Å². The zero-order valence-electron chi connectivity index (χ0n) is 9.42. The van der Waals surface area contributed by atoms with Gasteiger partial charge in [0.2, 0.25) is 10.0 Å². The van der Waals surface area contributed by atoms with Crippen molar-refractivity contribution in [2.45, 2.75) is 33.1 Å². The number of halogens is 1. The normalized spacial score (nSPS) is 21.3. The van der Waals surface area contributed by atoms with Crippen LogP contribution in [0.4, 0.5) is 0 Å². The van der Waals surface area contributed by atoms with E-state index in [1.165, 1.54) is 0 Å². The lowest BCUT2D eigenvalue weighted by Gasteiger charge is -2.15. The van der Waals surface area contributed by atoms with Gasteiger partial charge in [-0.1, -0.05) is 13.8 Å². The Bertz CT molecular complexity index is 299. The topological polar surface area (TPSA) is 46.2 Å². The first kappa shape index (κ1) is 13.3. The molecule has 5 heteroatoms. The van der Waals surface area contributed by atoms with Gasteiger partial charge in [-0.05, 0) is 30.6 Å². The molecule has 1 saturated carbocycles. The molecule has 1 atom stereocenters. The zero-order valence-corrected chi connectivity index (χ0v) is 11.0. The summed E-state index contributed by atoms with van der Waals surface area (Å²) in [7, 11) is -3.13. The molecule has 1 fully saturated rings. The van der Waals surface area contributed by atoms with E-state index in [9.17, 15) is 8.42 Å². The molecule has 1 aliphatic rings. The Hall–Kier alpha value is 0.200. The average molecular weight is 254 g/mol. The maximum atomic E-state index is 11.6. The van der Waals surface area contributed by atoms with Gasteiger partial charge in [0, 0.05) is 12.4 Å². The maximum absolute atomic E-state index is 11.6. The van der Waals surface area contributed by atoms with E-state index < -0.39 is 10.0 Å². The fourth-order valence-electron chi connectivity index (χ4n) is 1.57. The van der Waals surface area contributed by atoms with Crippen molar-refractivity contribution in [3.05, 3.63) is 0 Å². The molecule has 90 valence electrons. The van der Waals surface area contributed by atoms with Crippen molar-refractivity contribution in [2.24, 2.45) is 11.3 Å². The molecule has 0 aromatic carbocycles. The summed E-state index contributed by atoms with van der Waals surface area (Å²) in [6.45, 7) is 4.56. The largest absolute Gasteiger partial charge is 0.215 e. The molecule has 1 aliphatic carbocycles. The smallest absolute Gasteiger partial charge is 0.211 e. The van der Waals surface area contributed by atoms with Gasteiger partial charge in [-0.15, -0.1) is 11.6 Å². The Kier molecular flexibility index (Phi) is 4.44. The van der Waals surface area contributed by atoms with Crippen LogP contribution in [0.1, 0.15) is 33.1 Å². The first-order chi connectivity index (χ1) is 6.93. The van der Waals surface area contributed by atoms with Crippen LogP contribution in [0, 0.1) is 11.3 Å². The summed E-state index contributed by atoms with van der Waals surface area (Å²) in [4.78, 5) is 0. The minimum absolute atomic E-state index is 0.0148. The third kappa shape index (κ3) is 4.29. The maximum Gasteiger partial charge on any atom is 0.211 e. The van der Waals surface area contributed by atoms with Crippen molar-refractivity contribution in [3.8, 4) is 0 Å². The minimum atomic E-state index is -3.13. The van der Waals surface area contributed by atoms with Gasteiger partial charge in [-0.2, -0.15) is 0 Å². The molecule has 0 bridgehead atoms. The lowest BCUT2D eigenvalue weighted by Crippen LogP contribution is -2.34. The van der Waals surface area contributed by atoms with E-state index in [4.69, 9.17) is 11.6 Å². The van der Waals surface area contributed by atoms with Crippen LogP contribution in [-0.2, 0) is 10.0 Å². The number of alkyl halides is 1. The molecular formula is C10H20ClNO2S. The summed E-state index contributed by atoms with van der Waals surface area (Å²) in [6, 6.07) is 0. The Balaban J connectivity index is 2.36. The first-order valence-corrected chi connectivity index (χ1v) is 7.65. The van der Waals surface area contributed by atoms with E-state index in [1.807, 2.05) is 6.92 Å². The van der Waals surface area contributed by atoms with Crippen molar-refractivity contribution in [2.75, 3.05) is 18.2 Å². The van der Waals surface area contributed by atoms with Crippen molar-refractivity contribution in [1.29, 1.82) is 0 Å². The first-order valence-electron chi connectivity index (χ1n) is 5.46. The second-order valence-corrected chi connectivity index (χ2v) is 6.88. The summed E-state index contributed by atoms with van der Waals surface area (Å²) < 4.78 is 25.9. The fourth-order valence-corrected chi connectivity index (χ4v) is 3.32. The predicted octanol–water partition coefficient (Wildman–Crippen LogP) is 1.97. The van der Waals surface area contributed by atoms with Crippen LogP contribution >= 0.6 is 11.6 Å². The molecule has 0 aromatic rings. The second-order valence-electron chi connectivity index (χ2n) is 4.72. The molecule has 3 nitrogen and oxygen atoms in total. The Labute approximate surface area is 97.6 Å². The Morgan fingerprint density at radius 3 is 2.47 bits per heavy atom. The van der Waals surface area contributed by atoms with E-state index in [0.717, 1.165) is 19.3 Å². The number of rotatable bonds is 7. The average Bonchev–Trinajstić information content (AvgIpc) is 2.95. The molecule has 15 heavy (non-hydrogen) atoms. The van der Waals surface area contributed by atoms with E-state index in [0.29, 0.717) is 12.4 Å². The van der Waals surface area contributed by atoms with Crippen LogP contribution in [-0.4, -0.2) is 26.6 Å². The van der Waals surface area contributed by atoms with E-state index >= 15 is 0 Å². The zero-order chi connectivity index (χ0) is 11.5. The monoisotopic (exact) mass is 253 g/mol. The quantitative estimate of drug-likeness (QED) is 0.706. The minimum Gasteiger partial charge on any atom is -0.215 e. The SMILES string of the molecule is CCC1(CNS(=O)(=O)CC(C)CCl)CC1. The summed E-state index contributed by atoms with van der Waals surface area (Å²) in [6.07, 6.45) is 3.36. The van der Waals surface area contributed by atoms with E-state index in [2.05, 4.69) is 11.6 Å². The molecule has 0 spiro atoms. The van der Waals surface area contributed by atoms with Crippen molar-refractivity contribution >= 4 is 21.6 Å². The van der Waals surface area contributed by atoms with Crippen LogP contribution in [0.2, 0.25) is 0 Å². The molecule has 1 N–H and O–H groups in total. The molecule has 1 rings (SSSR count). The molecule has 0 aliphatic heterocycles. The van der Waals surface area contributed by atoms with Gasteiger partial charge in [0.15, 0.2) is 0 Å². The van der Waals surface area contributed by atoms with Gasteiger partial charge in [0.25, 0.3) is 0 Å². The van der Waals surface area contributed by atoms with Gasteiger partial charge in [0.05, 0.1) is 5.75 Å². The highest BCUT2D eigenvalue weighted by Crippen LogP contribution is 2.47. The van der Waals surface area contributed by atoms with Gasteiger partial charge < -0.3 is 0 Å². The highest BCUT2D eigenvalue weighted by Gasteiger charge is 2.41. The molecule has 0 amide bonds. The van der Waals surface area contributed by atoms with Crippen molar-refractivity contribution in [3.63, 3.8) is 0 Å². The molecule has 0 saturated heterocycles. The summed E-state index contributed by atoms with van der Waals surface area (Å²) in [5, 5.41) is 0. The summed E-state index contributed by atoms with van der Waals surface area (Å²) in [5.41, 5.74) is 0.261. The molecule has 0 radical (unpaired) electrons. The number of nitrogens with one attached hydrogen (secondary N) is 1. The molecular weight excluding hydrogens is 234 g/mol. The van der Waals surface area contributed by atoms with Crippen LogP contribution in [0.3, 0.4) is 0 Å².